The van der Waals surface area contributed by atoms with E-state index in [-0.39, 0.29) is 227 Å². The van der Waals surface area contributed by atoms with Gasteiger partial charge in [-0.15, -0.1) is 6.58 Å². The zero-order valence-corrected chi connectivity index (χ0v) is 83.7. The van der Waals surface area contributed by atoms with Gasteiger partial charge in [0.05, 0.1) is 105 Å². The zero-order valence-electron chi connectivity index (χ0n) is 76.8. The van der Waals surface area contributed by atoms with Crippen molar-refractivity contribution in [1.29, 1.82) is 0 Å². The molecule has 44 nitrogen and oxygen atoms in total. The van der Waals surface area contributed by atoms with Crippen molar-refractivity contribution in [2.75, 3.05) is 124 Å². The van der Waals surface area contributed by atoms with Gasteiger partial charge in [0.25, 0.3) is 22.2 Å². The number of nitrogens with one attached hydrogen (secondary N) is 4. The second-order valence-electron chi connectivity index (χ2n) is 31.3. The van der Waals surface area contributed by atoms with E-state index in [2.05, 4.69) is 66.4 Å². The Morgan fingerprint density at radius 3 is 0.957 bits per heavy atom. The number of allylic oxidation sites excluding steroid dienone is 1. The summed E-state index contributed by atoms with van der Waals surface area (Å²) in [5.41, 5.74) is 23.7. The van der Waals surface area contributed by atoms with Gasteiger partial charge in [-0.1, -0.05) is 136 Å². The molecule has 0 spiro atoms. The molecule has 4 unspecified atom stereocenters. The Morgan fingerprint density at radius 2 is 0.702 bits per heavy atom. The number of aromatic nitrogens is 16. The third kappa shape index (κ3) is 37.0. The first-order valence-corrected chi connectivity index (χ1v) is 54.1. The van der Waals surface area contributed by atoms with Gasteiger partial charge >= 0.3 is 30.4 Å². The molecule has 1 saturated carbocycles. The molecule has 0 bridgehead atoms. The van der Waals surface area contributed by atoms with E-state index in [1.54, 1.807) is 49.5 Å². The highest BCUT2D eigenvalue weighted by atomic mass is 32.2. The van der Waals surface area contributed by atoms with Crippen molar-refractivity contribution in [3.8, 4) is 0 Å². The summed E-state index contributed by atoms with van der Waals surface area (Å²) in [7, 11) is -15.0. The molecule has 4 atom stereocenters. The zero-order chi connectivity index (χ0) is 102. The van der Waals surface area contributed by atoms with E-state index in [1.807, 2.05) is 20.8 Å². The van der Waals surface area contributed by atoms with Crippen molar-refractivity contribution in [2.45, 2.75) is 112 Å². The van der Waals surface area contributed by atoms with Crippen molar-refractivity contribution in [2.24, 2.45) is 11.3 Å². The molecule has 762 valence electrons. The number of rotatable bonds is 52. The number of halogens is 4. The first kappa shape index (κ1) is 112. The normalized spacial score (nSPS) is 13.9. The maximum Gasteiger partial charge on any atom is 0.356 e. The average molecular weight is 2120 g/mol. The molecule has 13 rings (SSSR count). The van der Waals surface area contributed by atoms with Crippen LogP contribution in [0.2, 0.25) is 0 Å². The molecule has 0 amide bonds. The Labute approximate surface area is 819 Å². The molecular weight excluding hydrogens is 2010 g/mol. The van der Waals surface area contributed by atoms with E-state index in [0.29, 0.717) is 57.1 Å². The second-order valence-corrected chi connectivity index (χ2v) is 43.7. The number of carbonyl (C=O) groups excluding carboxylic acids is 4. The minimum Gasteiger partial charge on any atom is -0.369 e. The molecule has 12 N–H and O–H groups in total. The Kier molecular flexibility index (Phi) is 44.1. The van der Waals surface area contributed by atoms with Crippen LogP contribution >= 0.6 is 77.4 Å². The predicted molar refractivity (Wildman–Crippen MR) is 524 cm³/mol. The van der Waals surface area contributed by atoms with Crippen molar-refractivity contribution in [3.63, 3.8) is 0 Å². The van der Waals surface area contributed by atoms with E-state index in [1.165, 1.54) is 104 Å². The molecule has 56 heteroatoms. The number of hydrogen-bond donors (Lipinski definition) is 8. The molecule has 0 aliphatic heterocycles. The number of nitrogens with two attached hydrogens (primary N) is 4. The molecule has 0 radical (unpaired) electrons. The lowest BCUT2D eigenvalue weighted by molar-refractivity contribution is -0.117. The quantitative estimate of drug-likeness (QED) is 0.00759. The number of imidazole rings is 4. The van der Waals surface area contributed by atoms with Crippen molar-refractivity contribution < 1.29 is 110 Å². The summed E-state index contributed by atoms with van der Waals surface area (Å²) in [6.45, 7) is 11.4. The van der Waals surface area contributed by atoms with Gasteiger partial charge in [-0.2, -0.15) is 19.9 Å². The summed E-state index contributed by atoms with van der Waals surface area (Å²) in [6.07, 6.45) is 9.24. The first-order chi connectivity index (χ1) is 67.4. The van der Waals surface area contributed by atoms with Gasteiger partial charge in [0, 0.05) is 73.4 Å². The Bertz CT molecular complexity index is 6710. The molecular formula is C85H106F4N20O24P4S4. The van der Waals surface area contributed by atoms with Gasteiger partial charge in [-0.25, -0.2) is 37.5 Å². The van der Waals surface area contributed by atoms with Crippen LogP contribution in [0.1, 0.15) is 82.1 Å². The molecule has 1 fully saturated rings. The summed E-state index contributed by atoms with van der Waals surface area (Å²) >= 11 is 4.35. The predicted octanol–water partition coefficient (Wildman–Crippen LogP) is 12.8. The highest BCUT2D eigenvalue weighted by Gasteiger charge is 2.33. The SMILES string of the molecule is C=CCC(=O)SCCOP(=O)(COCCn1cnc2c(=O)[nH]c(N)nc21)OCc1cccc(F)c1.CC(C)(C)C(=O)SCCOP(=O)(COCCn1cnc2c(=O)[nH]c(N)nc21)OCc1cccc(F)c1.CCC(=O)SCCOP(=O)(COCCn1cnc2c(=O)[nH]c(N)nc21)OCc1cccc(F)c1.Nc1nc2c(ncn2CCOCP(=O)(OCCSC(=O)C2CCC2)OCc2cccc(F)c2)c(=O)[nH]1. The fourth-order valence-corrected chi connectivity index (χ4v) is 20.6. The molecule has 0 saturated heterocycles. The third-order valence-electron chi connectivity index (χ3n) is 19.3. The molecule has 1 aliphatic carbocycles. The molecule has 141 heavy (non-hydrogen) atoms. The number of H-pyrrole nitrogens is 4. The summed E-state index contributed by atoms with van der Waals surface area (Å²) in [4.78, 5) is 137. The highest BCUT2D eigenvalue weighted by Crippen LogP contribution is 2.52. The van der Waals surface area contributed by atoms with E-state index in [9.17, 15) is 74.2 Å². The van der Waals surface area contributed by atoms with Gasteiger partial charge in [0.15, 0.2) is 65.1 Å². The number of benzene rings is 4. The summed E-state index contributed by atoms with van der Waals surface area (Å²) < 4.78 is 180. The van der Waals surface area contributed by atoms with E-state index in [4.69, 9.17) is 78.1 Å². The minimum atomic E-state index is -3.76. The summed E-state index contributed by atoms with van der Waals surface area (Å²) in [6, 6.07) is 22.9. The lowest BCUT2D eigenvalue weighted by atomic mass is 9.87. The largest absolute Gasteiger partial charge is 0.369 e. The molecule has 12 aromatic rings. The number of carbonyl (C=O) groups is 4. The number of ether oxygens (including phenoxy) is 4. The number of hydrogen-bond acceptors (Lipinski definition) is 40. The highest BCUT2D eigenvalue weighted by molar-refractivity contribution is 8.14. The van der Waals surface area contributed by atoms with Crippen LogP contribution in [0.4, 0.5) is 41.4 Å². The van der Waals surface area contributed by atoms with Gasteiger partial charge in [-0.3, -0.25) is 76.6 Å². The number of thioether (sulfide) groups is 4. The second kappa shape index (κ2) is 55.4. The lowest BCUT2D eigenvalue weighted by Gasteiger charge is -2.23. The maximum absolute atomic E-state index is 13.5. The van der Waals surface area contributed by atoms with Crippen molar-refractivity contribution in [1.82, 2.24) is 78.1 Å². The average Bonchev–Trinajstić information content (AvgIpc) is 1.71. The summed E-state index contributed by atoms with van der Waals surface area (Å²) in [5, 5.41) is 0.0164. The van der Waals surface area contributed by atoms with Crippen LogP contribution in [0.15, 0.2) is 154 Å². The molecule has 4 aromatic carbocycles. The van der Waals surface area contributed by atoms with Crippen LogP contribution in [0, 0.1) is 34.6 Å². The van der Waals surface area contributed by atoms with Crippen LogP contribution in [0.5, 0.6) is 0 Å². The summed E-state index contributed by atoms with van der Waals surface area (Å²) in [5.74, 6) is -0.623. The first-order valence-electron chi connectivity index (χ1n) is 43.3. The third-order valence-corrected chi connectivity index (χ3v) is 29.7. The van der Waals surface area contributed by atoms with Gasteiger partial charge in [0.1, 0.15) is 48.7 Å². The van der Waals surface area contributed by atoms with Crippen LogP contribution in [-0.2, 0) is 145 Å². The van der Waals surface area contributed by atoms with Crippen molar-refractivity contribution >= 4 is 166 Å². The number of anilines is 4. The standard InChI is InChI=1S/C22H27FN5O6PS.C22H29FN5O6PS.C21H25FN5O6PS.C20H25FN5O6PS/c23-17-6-1-3-15(11-17)12-34-35(31,33-9-10-36-21(30)16-4-2-5-16)14-32-8-7-28-13-25-18-19(28)26-22(24)27-20(18)29;1-22(2,3)20(30)36-10-9-33-35(31,34-12-15-5-4-6-16(23)11-15)14-32-8-7-28-13-25-17-18(28)26-21(24)27-19(17)29;1-2-4-17(28)35-10-9-32-34(30,33-12-15-5-3-6-16(22)11-15)14-31-8-7-27-13-24-18-19(27)25-21(23)26-20(18)29;1-2-16(27)34-9-8-31-33(29,32-11-14-4-3-5-15(21)10-14)13-30-7-6-26-12-23-17-18(26)24-20(22)25-19(17)28/h1,3,6,11,13,16H,2,4-5,7-10,12,14H2,(H3,24,26,27,29);4-6,11,13H,7-10,12,14H2,1-3H3,(H3,24,26,27,29);2-3,5-6,11,13H,1,4,7-10,12,14H2,(H3,23,25,26,29);3-5,10,12H,2,6-9,11,13H2,1H3,(H3,22,24,25,28). The maximum atomic E-state index is 13.5. The van der Waals surface area contributed by atoms with Gasteiger partial charge < -0.3 is 96.3 Å². The van der Waals surface area contributed by atoms with Crippen LogP contribution in [-0.4, -0.2) is 200 Å². The van der Waals surface area contributed by atoms with E-state index in [0.717, 1.165) is 66.3 Å². The molecule has 8 heterocycles. The van der Waals surface area contributed by atoms with E-state index >= 15 is 0 Å². The van der Waals surface area contributed by atoms with Crippen LogP contribution in [0.3, 0.4) is 0 Å². The van der Waals surface area contributed by atoms with Crippen molar-refractivity contribution in [3.05, 3.63) is 222 Å². The number of nitrogens with zero attached hydrogens (tertiary/aromatic N) is 12. The number of nitrogen functional groups attached to an aromatic ring is 4. The smallest absolute Gasteiger partial charge is 0.356 e. The Morgan fingerprint density at radius 1 is 0.426 bits per heavy atom. The Balaban J connectivity index is 0.000000193. The van der Waals surface area contributed by atoms with Crippen LogP contribution < -0.4 is 45.2 Å². The van der Waals surface area contributed by atoms with Gasteiger partial charge in [0.2, 0.25) is 23.8 Å². The van der Waals surface area contributed by atoms with E-state index < -0.39 is 81.3 Å². The lowest BCUT2D eigenvalue weighted by Crippen LogP contribution is -2.20. The van der Waals surface area contributed by atoms with Gasteiger partial charge in [-0.05, 0) is 83.6 Å². The number of fused-ring (bicyclic) bond motifs is 4. The Hall–Kier alpha value is -10.5. The fraction of sp³-hybridized carbons (Fsp3) is 0.412. The minimum absolute atomic E-state index is 0.00370. The fourth-order valence-electron chi connectivity index (χ4n) is 12.1. The van der Waals surface area contributed by atoms with Crippen LogP contribution in [0.25, 0.3) is 44.7 Å². The number of aromatic amines is 4. The topological polar surface area (TPSA) is 606 Å². The molecule has 8 aromatic heterocycles. The monoisotopic (exact) mass is 2120 g/mol. The molecule has 1 aliphatic rings.